The first kappa shape index (κ1) is 21.2. The molecule has 0 aliphatic carbocycles. The average Bonchev–Trinajstić information content (AvgIpc) is 3.32. The van der Waals surface area contributed by atoms with Crippen molar-refractivity contribution in [3.8, 4) is 11.5 Å². The quantitative estimate of drug-likeness (QED) is 0.698. The van der Waals surface area contributed by atoms with Crippen molar-refractivity contribution in [1.29, 1.82) is 0 Å². The third-order valence-corrected chi connectivity index (χ3v) is 5.08. The molecule has 0 unspecified atom stereocenters. The topological polar surface area (TPSA) is 110 Å². The maximum atomic E-state index is 12.3. The molecule has 160 valence electrons. The molecule has 0 spiro atoms. The molecule has 9 nitrogen and oxygen atoms in total. The van der Waals surface area contributed by atoms with Gasteiger partial charge in [-0.3, -0.25) is 14.4 Å². The molecule has 3 amide bonds. The average molecular weight is 415 g/mol. The number of nitrogens with one attached hydrogen (secondary N) is 2. The summed E-state index contributed by atoms with van der Waals surface area (Å²) in [5.41, 5.74) is 0.914. The first-order valence-corrected chi connectivity index (χ1v) is 9.64. The molecule has 1 saturated heterocycles. The van der Waals surface area contributed by atoms with Crippen LogP contribution in [0, 0.1) is 5.92 Å². The molecule has 30 heavy (non-hydrogen) atoms. The number of methoxy groups -OCH3 is 2. The van der Waals surface area contributed by atoms with Crippen LogP contribution in [0.4, 0.5) is 5.69 Å². The summed E-state index contributed by atoms with van der Waals surface area (Å²) < 4.78 is 15.3. The van der Waals surface area contributed by atoms with Gasteiger partial charge in [0, 0.05) is 25.7 Å². The van der Waals surface area contributed by atoms with Gasteiger partial charge in [0.2, 0.25) is 0 Å². The van der Waals surface area contributed by atoms with Crippen LogP contribution in [-0.4, -0.2) is 56.5 Å². The minimum absolute atomic E-state index is 0.0564. The van der Waals surface area contributed by atoms with E-state index >= 15 is 0 Å². The lowest BCUT2D eigenvalue weighted by Crippen LogP contribution is -2.43. The van der Waals surface area contributed by atoms with Crippen molar-refractivity contribution >= 4 is 23.4 Å². The van der Waals surface area contributed by atoms with Crippen molar-refractivity contribution in [2.24, 2.45) is 5.92 Å². The van der Waals surface area contributed by atoms with E-state index in [9.17, 15) is 14.4 Å². The van der Waals surface area contributed by atoms with Gasteiger partial charge in [-0.05, 0) is 37.0 Å². The van der Waals surface area contributed by atoms with Gasteiger partial charge in [0.1, 0.15) is 17.8 Å². The molecule has 1 aliphatic rings. The number of carbonyl (C=O) groups excluding carboxylic acids is 3. The number of nitrogens with zero attached hydrogens (tertiary/aromatic N) is 1. The minimum atomic E-state index is -0.772. The van der Waals surface area contributed by atoms with E-state index in [2.05, 4.69) is 10.6 Å². The Morgan fingerprint density at radius 3 is 2.50 bits per heavy atom. The van der Waals surface area contributed by atoms with Gasteiger partial charge in [0.05, 0.1) is 31.7 Å². The van der Waals surface area contributed by atoms with E-state index < -0.39 is 11.8 Å². The molecule has 0 saturated carbocycles. The number of ether oxygens (including phenoxy) is 2. The second-order valence-electron chi connectivity index (χ2n) is 6.98. The minimum Gasteiger partial charge on any atom is -0.497 e. The largest absolute Gasteiger partial charge is 0.497 e. The molecule has 1 aromatic heterocycles. The van der Waals surface area contributed by atoms with Crippen LogP contribution in [0.25, 0.3) is 0 Å². The van der Waals surface area contributed by atoms with Crippen molar-refractivity contribution < 1.29 is 28.3 Å². The number of furan rings is 1. The molecule has 0 atom stereocenters. The van der Waals surface area contributed by atoms with Crippen LogP contribution < -0.4 is 20.1 Å². The molecule has 0 radical (unpaired) electrons. The Kier molecular flexibility index (Phi) is 6.95. The molecule has 3 rings (SSSR count). The number of carbonyl (C=O) groups is 3. The predicted molar refractivity (Wildman–Crippen MR) is 109 cm³/mol. The lowest BCUT2D eigenvalue weighted by Gasteiger charge is -2.31. The Hall–Kier alpha value is -3.49. The molecular formula is C21H25N3O6. The van der Waals surface area contributed by atoms with Crippen LogP contribution in [0.1, 0.15) is 23.2 Å². The fourth-order valence-corrected chi connectivity index (χ4v) is 3.31. The summed E-state index contributed by atoms with van der Waals surface area (Å²) in [6, 6.07) is 6.53. The van der Waals surface area contributed by atoms with Crippen molar-refractivity contribution in [2.45, 2.75) is 12.8 Å². The molecule has 1 fully saturated rings. The summed E-state index contributed by atoms with van der Waals surface area (Å²) in [5, 5.41) is 5.21. The van der Waals surface area contributed by atoms with Crippen molar-refractivity contribution in [2.75, 3.05) is 39.2 Å². The predicted octanol–water partition coefficient (Wildman–Crippen LogP) is 1.90. The highest BCUT2D eigenvalue weighted by Gasteiger charge is 2.25. The molecule has 2 heterocycles. The van der Waals surface area contributed by atoms with E-state index in [4.69, 9.17) is 13.9 Å². The maximum Gasteiger partial charge on any atom is 0.313 e. The monoisotopic (exact) mass is 415 g/mol. The third-order valence-electron chi connectivity index (χ3n) is 5.08. The van der Waals surface area contributed by atoms with Crippen LogP contribution in [0.2, 0.25) is 0 Å². The Bertz CT molecular complexity index is 888. The standard InChI is InChI=1S/C21H25N3O6/c1-28-16-3-4-17(18(11-16)29-2)23-20(26)19(25)22-12-14-5-8-24(9-6-14)21(27)15-7-10-30-13-15/h3-4,7,10-11,13-14H,5-6,8-9,12H2,1-2H3,(H,22,25)(H,23,26). The molecule has 2 aromatic rings. The van der Waals surface area contributed by atoms with Crippen molar-refractivity contribution in [3.63, 3.8) is 0 Å². The summed E-state index contributed by atoms with van der Waals surface area (Å²) in [6.07, 6.45) is 4.41. The van der Waals surface area contributed by atoms with Crippen LogP contribution in [0.15, 0.2) is 41.2 Å². The van der Waals surface area contributed by atoms with Gasteiger partial charge in [-0.25, -0.2) is 0 Å². The molecule has 0 bridgehead atoms. The third kappa shape index (κ3) is 5.11. The van der Waals surface area contributed by atoms with Crippen LogP contribution >= 0.6 is 0 Å². The lowest BCUT2D eigenvalue weighted by molar-refractivity contribution is -0.136. The zero-order valence-electron chi connectivity index (χ0n) is 17.0. The molecule has 1 aromatic carbocycles. The molecular weight excluding hydrogens is 390 g/mol. The van der Waals surface area contributed by atoms with Gasteiger partial charge in [-0.2, -0.15) is 0 Å². The highest BCUT2D eigenvalue weighted by Crippen LogP contribution is 2.29. The molecule has 1 aliphatic heterocycles. The number of likely N-dealkylation sites (tertiary alicyclic amines) is 1. The van der Waals surface area contributed by atoms with E-state index in [0.29, 0.717) is 42.4 Å². The number of piperidine rings is 1. The number of benzene rings is 1. The van der Waals surface area contributed by atoms with Crippen molar-refractivity contribution in [1.82, 2.24) is 10.2 Å². The first-order chi connectivity index (χ1) is 14.5. The van der Waals surface area contributed by atoms with Crippen molar-refractivity contribution in [3.05, 3.63) is 42.4 Å². The number of amides is 3. The molecule has 2 N–H and O–H groups in total. The van der Waals surface area contributed by atoms with Gasteiger partial charge in [-0.15, -0.1) is 0 Å². The van der Waals surface area contributed by atoms with Gasteiger partial charge in [0.15, 0.2) is 0 Å². The Balaban J connectivity index is 1.45. The Labute approximate surface area is 174 Å². The SMILES string of the molecule is COc1ccc(NC(=O)C(=O)NCC2CCN(C(=O)c3ccoc3)CC2)c(OC)c1. The smallest absolute Gasteiger partial charge is 0.313 e. The number of hydrogen-bond acceptors (Lipinski definition) is 6. The van der Waals surface area contributed by atoms with Crippen LogP contribution in [0.3, 0.4) is 0 Å². The van der Waals surface area contributed by atoms with E-state index in [1.54, 1.807) is 29.2 Å². The number of anilines is 1. The number of rotatable bonds is 6. The van der Waals surface area contributed by atoms with E-state index in [1.165, 1.54) is 26.7 Å². The summed E-state index contributed by atoms with van der Waals surface area (Å²) in [6.45, 7) is 1.57. The van der Waals surface area contributed by atoms with Gasteiger partial charge in [-0.1, -0.05) is 0 Å². The van der Waals surface area contributed by atoms with Gasteiger partial charge in [0.25, 0.3) is 5.91 Å². The first-order valence-electron chi connectivity index (χ1n) is 9.64. The fraction of sp³-hybridized carbons (Fsp3) is 0.381. The second-order valence-corrected chi connectivity index (χ2v) is 6.98. The Morgan fingerprint density at radius 1 is 1.10 bits per heavy atom. The summed E-state index contributed by atoms with van der Waals surface area (Å²) in [5.74, 6) is -0.377. The fourth-order valence-electron chi connectivity index (χ4n) is 3.31. The molecule has 9 heteroatoms. The zero-order valence-corrected chi connectivity index (χ0v) is 17.0. The number of hydrogen-bond donors (Lipinski definition) is 2. The summed E-state index contributed by atoms with van der Waals surface area (Å²) >= 11 is 0. The summed E-state index contributed by atoms with van der Waals surface area (Å²) in [4.78, 5) is 38.5. The highest BCUT2D eigenvalue weighted by molar-refractivity contribution is 6.39. The maximum absolute atomic E-state index is 12.3. The summed E-state index contributed by atoms with van der Waals surface area (Å²) in [7, 11) is 2.99. The van der Waals surface area contributed by atoms with E-state index in [1.807, 2.05) is 0 Å². The van der Waals surface area contributed by atoms with E-state index in [0.717, 1.165) is 12.8 Å². The van der Waals surface area contributed by atoms with Gasteiger partial charge >= 0.3 is 11.8 Å². The zero-order chi connectivity index (χ0) is 21.5. The lowest BCUT2D eigenvalue weighted by atomic mass is 9.96. The van der Waals surface area contributed by atoms with Crippen LogP contribution in [0.5, 0.6) is 11.5 Å². The normalized spacial score (nSPS) is 14.1. The highest BCUT2D eigenvalue weighted by atomic mass is 16.5. The van der Waals surface area contributed by atoms with Crippen LogP contribution in [-0.2, 0) is 9.59 Å². The van der Waals surface area contributed by atoms with E-state index in [-0.39, 0.29) is 11.8 Å². The second kappa shape index (κ2) is 9.82. The van der Waals surface area contributed by atoms with Gasteiger partial charge < -0.3 is 29.4 Å². The Morgan fingerprint density at radius 2 is 1.87 bits per heavy atom.